The van der Waals surface area contributed by atoms with Crippen molar-refractivity contribution >= 4 is 17.4 Å². The summed E-state index contributed by atoms with van der Waals surface area (Å²) in [6.07, 6.45) is 2.84. The van der Waals surface area contributed by atoms with Crippen LogP contribution in [0.4, 0.5) is 11.6 Å². The number of aryl methyl sites for hydroxylation is 1. The molecule has 0 bridgehead atoms. The van der Waals surface area contributed by atoms with Gasteiger partial charge in [-0.05, 0) is 40.7 Å². The molecule has 0 amide bonds. The molecule has 0 spiro atoms. The Bertz CT molecular complexity index is 705. The summed E-state index contributed by atoms with van der Waals surface area (Å²) in [7, 11) is 0. The first-order valence-electron chi connectivity index (χ1n) is 6.77. The zero-order valence-electron chi connectivity index (χ0n) is 11.7. The van der Waals surface area contributed by atoms with Crippen molar-refractivity contribution in [2.24, 2.45) is 0 Å². The van der Waals surface area contributed by atoms with Crippen LogP contribution < -0.4 is 11.1 Å². The maximum atomic E-state index is 12.0. The van der Waals surface area contributed by atoms with E-state index in [2.05, 4.69) is 39.3 Å². The maximum absolute atomic E-state index is 12.0. The lowest BCUT2D eigenvalue weighted by Gasteiger charge is -2.24. The highest BCUT2D eigenvalue weighted by atomic mass is 16.6. The normalized spacial score (nSPS) is 18.4. The topological polar surface area (TPSA) is 94.0 Å². The Morgan fingerprint density at radius 3 is 2.81 bits per heavy atom. The first-order valence-corrected chi connectivity index (χ1v) is 6.77. The average molecular weight is 284 g/mol. The standard InChI is InChI=1S/C15H16N4O2/c1-9-4-2-3-5-13(9)10-6-11(8-12(20)7-10)17-15-14(16)18-21-19-15/h2-5,8,10H,6-7H2,1H3,(H2,16,18)(H,17,19)/t10-/m0/s1. The van der Waals surface area contributed by atoms with Gasteiger partial charge in [-0.15, -0.1) is 0 Å². The summed E-state index contributed by atoms with van der Waals surface area (Å²) < 4.78 is 4.54. The Morgan fingerprint density at radius 1 is 1.29 bits per heavy atom. The largest absolute Gasteiger partial charge is 0.378 e. The van der Waals surface area contributed by atoms with E-state index in [0.29, 0.717) is 12.2 Å². The molecule has 6 heteroatoms. The molecule has 1 atom stereocenters. The highest BCUT2D eigenvalue weighted by Gasteiger charge is 2.24. The zero-order valence-corrected chi connectivity index (χ0v) is 11.7. The third-order valence-corrected chi connectivity index (χ3v) is 3.67. The van der Waals surface area contributed by atoms with E-state index in [-0.39, 0.29) is 17.5 Å². The fraction of sp³-hybridized carbons (Fsp3) is 0.267. The van der Waals surface area contributed by atoms with Gasteiger partial charge in [-0.3, -0.25) is 4.79 Å². The summed E-state index contributed by atoms with van der Waals surface area (Å²) in [6, 6.07) is 8.13. The second kappa shape index (κ2) is 5.40. The lowest BCUT2D eigenvalue weighted by Crippen LogP contribution is -2.17. The van der Waals surface area contributed by atoms with E-state index < -0.39 is 0 Å². The molecule has 3 N–H and O–H groups in total. The van der Waals surface area contributed by atoms with Crippen molar-refractivity contribution in [1.82, 2.24) is 10.3 Å². The number of nitrogens with one attached hydrogen (secondary N) is 1. The zero-order chi connectivity index (χ0) is 14.8. The minimum absolute atomic E-state index is 0.0898. The molecule has 1 heterocycles. The van der Waals surface area contributed by atoms with Crippen molar-refractivity contribution in [1.29, 1.82) is 0 Å². The van der Waals surface area contributed by atoms with Crippen LogP contribution in [0.15, 0.2) is 40.7 Å². The summed E-state index contributed by atoms with van der Waals surface area (Å²) in [5, 5.41) is 10.2. The van der Waals surface area contributed by atoms with Crippen LogP contribution >= 0.6 is 0 Å². The number of carbonyl (C=O) groups is 1. The van der Waals surface area contributed by atoms with E-state index in [0.717, 1.165) is 12.1 Å². The summed E-state index contributed by atoms with van der Waals surface area (Å²) in [5.41, 5.74) is 8.79. The van der Waals surface area contributed by atoms with Gasteiger partial charge in [0, 0.05) is 18.2 Å². The summed E-state index contributed by atoms with van der Waals surface area (Å²) >= 11 is 0. The Kier molecular flexibility index (Phi) is 3.43. The molecule has 2 aromatic rings. The number of hydrogen-bond acceptors (Lipinski definition) is 6. The van der Waals surface area contributed by atoms with E-state index in [9.17, 15) is 4.79 Å². The molecule has 0 saturated heterocycles. The van der Waals surface area contributed by atoms with Crippen molar-refractivity contribution in [3.05, 3.63) is 47.2 Å². The molecule has 0 saturated carbocycles. The summed E-state index contributed by atoms with van der Waals surface area (Å²) in [6.45, 7) is 2.06. The van der Waals surface area contributed by atoms with Crippen molar-refractivity contribution in [3.8, 4) is 0 Å². The van der Waals surface area contributed by atoms with Crippen LogP contribution in [-0.2, 0) is 4.79 Å². The predicted octanol–water partition coefficient (Wildman–Crippen LogP) is 2.40. The Morgan fingerprint density at radius 2 is 2.10 bits per heavy atom. The lowest BCUT2D eigenvalue weighted by molar-refractivity contribution is -0.115. The van der Waals surface area contributed by atoms with Crippen molar-refractivity contribution in [2.75, 3.05) is 11.1 Å². The second-order valence-corrected chi connectivity index (χ2v) is 5.22. The number of nitrogens with two attached hydrogens (primary N) is 1. The predicted molar refractivity (Wildman–Crippen MR) is 78.6 cm³/mol. The Balaban J connectivity index is 1.83. The first-order chi connectivity index (χ1) is 10.1. The molecule has 1 aliphatic rings. The van der Waals surface area contributed by atoms with E-state index in [1.165, 1.54) is 11.1 Å². The number of nitrogens with zero attached hydrogens (tertiary/aromatic N) is 2. The number of aromatic nitrogens is 2. The molecular formula is C15H16N4O2. The third kappa shape index (κ3) is 2.79. The minimum atomic E-state index is 0.0898. The van der Waals surface area contributed by atoms with Gasteiger partial charge in [0.05, 0.1) is 0 Å². The van der Waals surface area contributed by atoms with Crippen molar-refractivity contribution in [3.63, 3.8) is 0 Å². The second-order valence-electron chi connectivity index (χ2n) is 5.22. The minimum Gasteiger partial charge on any atom is -0.378 e. The Hall–Kier alpha value is -2.63. The fourth-order valence-corrected chi connectivity index (χ4v) is 2.68. The monoisotopic (exact) mass is 284 g/mol. The van der Waals surface area contributed by atoms with Gasteiger partial charge in [0.1, 0.15) is 0 Å². The van der Waals surface area contributed by atoms with Gasteiger partial charge in [0.25, 0.3) is 0 Å². The number of hydrogen-bond donors (Lipinski definition) is 2. The highest BCUT2D eigenvalue weighted by molar-refractivity contribution is 5.92. The van der Waals surface area contributed by atoms with E-state index in [1.807, 2.05) is 12.1 Å². The van der Waals surface area contributed by atoms with Crippen LogP contribution in [0.3, 0.4) is 0 Å². The van der Waals surface area contributed by atoms with Crippen LogP contribution in [0.5, 0.6) is 0 Å². The molecule has 0 radical (unpaired) electrons. The number of ketones is 1. The van der Waals surface area contributed by atoms with Gasteiger partial charge < -0.3 is 11.1 Å². The van der Waals surface area contributed by atoms with Gasteiger partial charge in [-0.1, -0.05) is 24.3 Å². The van der Waals surface area contributed by atoms with Crippen LogP contribution in [0.1, 0.15) is 29.9 Å². The average Bonchev–Trinajstić information content (AvgIpc) is 2.84. The number of nitrogen functional groups attached to an aromatic ring is 1. The molecule has 0 unspecified atom stereocenters. The van der Waals surface area contributed by atoms with Gasteiger partial charge in [0.2, 0.25) is 11.6 Å². The molecule has 0 aliphatic heterocycles. The smallest absolute Gasteiger partial charge is 0.219 e. The molecule has 1 aliphatic carbocycles. The number of allylic oxidation sites excluding steroid dienone is 2. The van der Waals surface area contributed by atoms with Crippen molar-refractivity contribution in [2.45, 2.75) is 25.7 Å². The molecule has 108 valence electrons. The van der Waals surface area contributed by atoms with Crippen molar-refractivity contribution < 1.29 is 9.42 Å². The number of rotatable bonds is 3. The number of carbonyl (C=O) groups excluding carboxylic acids is 1. The Labute approximate surface area is 122 Å². The summed E-state index contributed by atoms with van der Waals surface area (Å²) in [5.74, 6) is 0.778. The highest BCUT2D eigenvalue weighted by Crippen LogP contribution is 2.33. The number of benzene rings is 1. The third-order valence-electron chi connectivity index (χ3n) is 3.67. The first kappa shape index (κ1) is 13.4. The quantitative estimate of drug-likeness (QED) is 0.898. The van der Waals surface area contributed by atoms with Crippen LogP contribution in [0.25, 0.3) is 0 Å². The summed E-state index contributed by atoms with van der Waals surface area (Å²) in [4.78, 5) is 12.0. The number of anilines is 2. The molecule has 1 aromatic carbocycles. The maximum Gasteiger partial charge on any atom is 0.219 e. The molecule has 0 fully saturated rings. The molecule has 6 nitrogen and oxygen atoms in total. The SMILES string of the molecule is Cc1ccccc1[C@@H]1CC(=O)C=C(Nc2nonc2N)C1. The lowest BCUT2D eigenvalue weighted by atomic mass is 9.83. The van der Waals surface area contributed by atoms with Gasteiger partial charge >= 0.3 is 0 Å². The van der Waals surface area contributed by atoms with Crippen LogP contribution in [-0.4, -0.2) is 16.1 Å². The van der Waals surface area contributed by atoms with Gasteiger partial charge in [-0.25, -0.2) is 4.63 Å². The van der Waals surface area contributed by atoms with Crippen LogP contribution in [0.2, 0.25) is 0 Å². The van der Waals surface area contributed by atoms with Gasteiger partial charge in [0.15, 0.2) is 5.78 Å². The molecule has 3 rings (SSSR count). The molecule has 21 heavy (non-hydrogen) atoms. The fourth-order valence-electron chi connectivity index (χ4n) is 2.68. The van der Waals surface area contributed by atoms with E-state index in [4.69, 9.17) is 5.73 Å². The van der Waals surface area contributed by atoms with E-state index >= 15 is 0 Å². The van der Waals surface area contributed by atoms with Gasteiger partial charge in [-0.2, -0.15) is 0 Å². The molecular weight excluding hydrogens is 268 g/mol. The van der Waals surface area contributed by atoms with E-state index in [1.54, 1.807) is 6.08 Å². The van der Waals surface area contributed by atoms with Crippen LogP contribution in [0, 0.1) is 6.92 Å². The molecule has 1 aromatic heterocycles.